The van der Waals surface area contributed by atoms with E-state index in [2.05, 4.69) is 33.8 Å². The van der Waals surface area contributed by atoms with Gasteiger partial charge >= 0.3 is 6.09 Å². The number of ether oxygens (including phenoxy) is 1. The maximum atomic E-state index is 12.4. The monoisotopic (exact) mass is 434 g/mol. The summed E-state index contributed by atoms with van der Waals surface area (Å²) in [6.45, 7) is 1.80. The topological polar surface area (TPSA) is 83.6 Å². The van der Waals surface area contributed by atoms with Crippen LogP contribution in [0.15, 0.2) is 59.5 Å². The number of thioether (sulfide) groups is 1. The van der Waals surface area contributed by atoms with E-state index in [9.17, 15) is 9.59 Å². The largest absolute Gasteiger partial charge is 0.443 e. The van der Waals surface area contributed by atoms with Crippen LogP contribution in [0.5, 0.6) is 0 Å². The second-order valence-corrected chi connectivity index (χ2v) is 8.60. The second kappa shape index (κ2) is 8.56. The van der Waals surface area contributed by atoms with E-state index < -0.39 is 0 Å². The average molecular weight is 435 g/mol. The second-order valence-electron chi connectivity index (χ2n) is 7.58. The number of carbonyl (C=O) groups excluding carboxylic acids is 2. The summed E-state index contributed by atoms with van der Waals surface area (Å²) in [5, 5.41) is 7.37. The minimum Gasteiger partial charge on any atom is -0.443 e. The summed E-state index contributed by atoms with van der Waals surface area (Å²) in [4.78, 5) is 31.3. The Morgan fingerprint density at radius 2 is 2.06 bits per heavy atom. The molecule has 0 bridgehead atoms. The molecule has 8 heteroatoms. The smallest absolute Gasteiger partial charge is 0.414 e. The van der Waals surface area contributed by atoms with E-state index >= 15 is 0 Å². The molecule has 2 aliphatic heterocycles. The Balaban J connectivity index is 1.14. The molecule has 2 aliphatic rings. The van der Waals surface area contributed by atoms with Gasteiger partial charge in [0, 0.05) is 41.2 Å². The quantitative estimate of drug-likeness (QED) is 0.579. The molecule has 0 spiro atoms. The molecule has 5 rings (SSSR count). The number of hydrogen-bond donors (Lipinski definition) is 2. The van der Waals surface area contributed by atoms with Crippen molar-refractivity contribution in [3.05, 3.63) is 60.3 Å². The van der Waals surface area contributed by atoms with Gasteiger partial charge in [-0.15, -0.1) is 11.8 Å². The lowest BCUT2D eigenvalue weighted by molar-refractivity contribution is -0.113. The maximum absolute atomic E-state index is 12.4. The van der Waals surface area contributed by atoms with Gasteiger partial charge in [-0.2, -0.15) is 0 Å². The van der Waals surface area contributed by atoms with Crippen molar-refractivity contribution >= 4 is 46.0 Å². The van der Waals surface area contributed by atoms with Gasteiger partial charge in [0.25, 0.3) is 0 Å². The van der Waals surface area contributed by atoms with E-state index in [0.717, 1.165) is 45.8 Å². The Bertz CT molecular complexity index is 1150. The van der Waals surface area contributed by atoms with Crippen molar-refractivity contribution in [2.75, 3.05) is 35.6 Å². The highest BCUT2D eigenvalue weighted by Gasteiger charge is 2.32. The number of rotatable bonds is 6. The fourth-order valence-corrected chi connectivity index (χ4v) is 4.59. The molecular weight excluding hydrogens is 412 g/mol. The van der Waals surface area contributed by atoms with Crippen LogP contribution in [0.2, 0.25) is 0 Å². The molecule has 7 nitrogen and oxygen atoms in total. The summed E-state index contributed by atoms with van der Waals surface area (Å²) >= 11 is 1.50. The van der Waals surface area contributed by atoms with Crippen LogP contribution in [-0.2, 0) is 16.0 Å². The Hall–Kier alpha value is -3.10. The van der Waals surface area contributed by atoms with Gasteiger partial charge in [0.05, 0.1) is 23.5 Å². The van der Waals surface area contributed by atoms with Gasteiger partial charge in [-0.05, 0) is 30.3 Å². The molecule has 2 aromatic carbocycles. The van der Waals surface area contributed by atoms with Crippen LogP contribution < -0.4 is 15.5 Å². The SMILES string of the molecule is O=C1CSc2ccc(N3C[C@@H](CNCCc4ccc5ccccc5n4)OC3=O)cc2N1. The fourth-order valence-electron chi connectivity index (χ4n) is 3.80. The molecule has 0 saturated carbocycles. The number of benzene rings is 2. The molecule has 1 atom stereocenters. The number of aromatic nitrogens is 1. The van der Waals surface area contributed by atoms with Crippen LogP contribution in [0.4, 0.5) is 16.2 Å². The van der Waals surface area contributed by atoms with Gasteiger partial charge in [-0.1, -0.05) is 24.3 Å². The molecule has 0 radical (unpaired) electrons. The molecular formula is C23H22N4O3S. The summed E-state index contributed by atoms with van der Waals surface area (Å²) in [7, 11) is 0. The Morgan fingerprint density at radius 3 is 3.00 bits per heavy atom. The zero-order valence-electron chi connectivity index (χ0n) is 16.8. The van der Waals surface area contributed by atoms with Crippen molar-refractivity contribution in [2.24, 2.45) is 0 Å². The number of nitrogens with one attached hydrogen (secondary N) is 2. The molecule has 3 heterocycles. The predicted octanol–water partition coefficient (Wildman–Crippen LogP) is 3.44. The first-order valence-electron chi connectivity index (χ1n) is 10.3. The van der Waals surface area contributed by atoms with Crippen molar-refractivity contribution in [3.63, 3.8) is 0 Å². The Labute approximate surface area is 184 Å². The third-order valence-electron chi connectivity index (χ3n) is 5.37. The Kier molecular flexibility index (Phi) is 5.48. The van der Waals surface area contributed by atoms with Crippen LogP contribution in [0, 0.1) is 0 Å². The van der Waals surface area contributed by atoms with Gasteiger partial charge in [0.2, 0.25) is 5.91 Å². The minimum atomic E-state index is -0.363. The number of fused-ring (bicyclic) bond motifs is 2. The molecule has 0 aliphatic carbocycles. The lowest BCUT2D eigenvalue weighted by atomic mass is 10.2. The molecule has 1 fully saturated rings. The van der Waals surface area contributed by atoms with Gasteiger partial charge in [0.15, 0.2) is 0 Å². The van der Waals surface area contributed by atoms with Crippen LogP contribution in [-0.4, -0.2) is 48.5 Å². The summed E-state index contributed by atoms with van der Waals surface area (Å²) in [6.07, 6.45) is 0.215. The molecule has 2 amide bonds. The van der Waals surface area contributed by atoms with Gasteiger partial charge in [-0.25, -0.2) is 4.79 Å². The van der Waals surface area contributed by atoms with E-state index in [0.29, 0.717) is 18.8 Å². The molecule has 2 N–H and O–H groups in total. The van der Waals surface area contributed by atoms with Crippen molar-refractivity contribution in [1.82, 2.24) is 10.3 Å². The summed E-state index contributed by atoms with van der Waals surface area (Å²) < 4.78 is 5.52. The number of hydrogen-bond acceptors (Lipinski definition) is 6. The lowest BCUT2D eigenvalue weighted by Crippen LogP contribution is -2.32. The number of amides is 2. The maximum Gasteiger partial charge on any atom is 0.414 e. The molecule has 3 aromatic rings. The van der Waals surface area contributed by atoms with Crippen LogP contribution >= 0.6 is 11.8 Å². The number of carbonyl (C=O) groups is 2. The number of pyridine rings is 1. The highest BCUT2D eigenvalue weighted by atomic mass is 32.2. The van der Waals surface area contributed by atoms with Crippen molar-refractivity contribution < 1.29 is 14.3 Å². The molecule has 31 heavy (non-hydrogen) atoms. The molecule has 1 aromatic heterocycles. The normalized spacial score (nSPS) is 18.1. The molecule has 158 valence electrons. The van der Waals surface area contributed by atoms with Gasteiger partial charge < -0.3 is 15.4 Å². The number of anilines is 2. The van der Waals surface area contributed by atoms with Crippen LogP contribution in [0.3, 0.4) is 0 Å². The number of para-hydroxylation sites is 1. The molecule has 1 saturated heterocycles. The summed E-state index contributed by atoms with van der Waals surface area (Å²) in [6, 6.07) is 17.9. The summed E-state index contributed by atoms with van der Waals surface area (Å²) in [5.74, 6) is 0.391. The van der Waals surface area contributed by atoms with Crippen LogP contribution in [0.25, 0.3) is 10.9 Å². The fraction of sp³-hybridized carbons (Fsp3) is 0.261. The first-order valence-corrected chi connectivity index (χ1v) is 11.2. The van der Waals surface area contributed by atoms with E-state index in [1.54, 1.807) is 4.90 Å². The highest BCUT2D eigenvalue weighted by Crippen LogP contribution is 2.35. The third kappa shape index (κ3) is 4.35. The summed E-state index contributed by atoms with van der Waals surface area (Å²) in [5.41, 5.74) is 3.51. The van der Waals surface area contributed by atoms with Crippen molar-refractivity contribution in [3.8, 4) is 0 Å². The Morgan fingerprint density at radius 1 is 1.16 bits per heavy atom. The zero-order valence-corrected chi connectivity index (χ0v) is 17.7. The van der Waals surface area contributed by atoms with Crippen LogP contribution in [0.1, 0.15) is 5.69 Å². The first-order chi connectivity index (χ1) is 15.2. The zero-order chi connectivity index (χ0) is 21.2. The number of nitrogens with zero attached hydrogens (tertiary/aromatic N) is 2. The average Bonchev–Trinajstić information content (AvgIpc) is 3.16. The minimum absolute atomic E-state index is 0.0263. The lowest BCUT2D eigenvalue weighted by Gasteiger charge is -2.20. The highest BCUT2D eigenvalue weighted by molar-refractivity contribution is 8.00. The van der Waals surface area contributed by atoms with Crippen molar-refractivity contribution in [1.29, 1.82) is 0 Å². The van der Waals surface area contributed by atoms with E-state index in [4.69, 9.17) is 4.74 Å². The van der Waals surface area contributed by atoms with E-state index in [-0.39, 0.29) is 18.1 Å². The van der Waals surface area contributed by atoms with Gasteiger partial charge in [0.1, 0.15) is 6.10 Å². The third-order valence-corrected chi connectivity index (χ3v) is 6.44. The predicted molar refractivity (Wildman–Crippen MR) is 122 cm³/mol. The standard InChI is InChI=1S/C23H22N4O3S/c28-22-14-31-21-8-7-17(11-20(21)26-22)27-13-18(30-23(27)29)12-24-10-9-16-6-5-15-3-1-2-4-19(15)25-16/h1-8,11,18,24H,9-10,12-14H2,(H,26,28)/t18-/m1/s1. The number of cyclic esters (lactones) is 1. The van der Waals surface area contributed by atoms with E-state index in [1.165, 1.54) is 11.8 Å². The molecule has 0 unspecified atom stereocenters. The van der Waals surface area contributed by atoms with E-state index in [1.807, 2.05) is 36.4 Å². The van der Waals surface area contributed by atoms with Crippen molar-refractivity contribution in [2.45, 2.75) is 17.4 Å². The first kappa shape index (κ1) is 19.8. The van der Waals surface area contributed by atoms with Gasteiger partial charge in [-0.3, -0.25) is 14.7 Å².